The van der Waals surface area contributed by atoms with Gasteiger partial charge >= 0.3 is 0 Å². The summed E-state index contributed by atoms with van der Waals surface area (Å²) in [6.07, 6.45) is 3.14. The molecule has 0 saturated heterocycles. The molecule has 0 fully saturated rings. The number of carbonyl (C=O) groups excluding carboxylic acids is 1. The molecule has 0 aliphatic carbocycles. The summed E-state index contributed by atoms with van der Waals surface area (Å²) in [6, 6.07) is 19.1. The number of pyridine rings is 1. The van der Waals surface area contributed by atoms with E-state index in [1.165, 1.54) is 6.33 Å². The summed E-state index contributed by atoms with van der Waals surface area (Å²) < 4.78 is 1.69. The van der Waals surface area contributed by atoms with Crippen molar-refractivity contribution < 1.29 is 4.79 Å². The van der Waals surface area contributed by atoms with Crippen molar-refractivity contribution >= 4 is 16.8 Å². The summed E-state index contributed by atoms with van der Waals surface area (Å²) in [5.41, 5.74) is 3.14. The van der Waals surface area contributed by atoms with Crippen LogP contribution >= 0.6 is 0 Å². The van der Waals surface area contributed by atoms with E-state index in [1.54, 1.807) is 17.1 Å². The second-order valence-electron chi connectivity index (χ2n) is 6.02. The van der Waals surface area contributed by atoms with Crippen LogP contribution in [0, 0.1) is 0 Å². The molecule has 0 radical (unpaired) electrons. The van der Waals surface area contributed by atoms with E-state index in [0.29, 0.717) is 5.69 Å². The van der Waals surface area contributed by atoms with Crippen molar-refractivity contribution in [3.8, 4) is 5.69 Å². The van der Waals surface area contributed by atoms with Crippen molar-refractivity contribution in [1.82, 2.24) is 25.1 Å². The lowest BCUT2D eigenvalue weighted by molar-refractivity contribution is 0.0935. The number of hydrogen-bond donors (Lipinski definition) is 1. The molecule has 6 nitrogen and oxygen atoms in total. The van der Waals surface area contributed by atoms with Crippen LogP contribution in [0.1, 0.15) is 29.0 Å². The van der Waals surface area contributed by atoms with Gasteiger partial charge in [-0.3, -0.25) is 4.79 Å². The Labute approximate surface area is 150 Å². The highest BCUT2D eigenvalue weighted by Crippen LogP contribution is 2.17. The van der Waals surface area contributed by atoms with E-state index in [0.717, 1.165) is 22.2 Å². The molecule has 6 heteroatoms. The topological polar surface area (TPSA) is 72.7 Å². The third-order valence-corrected chi connectivity index (χ3v) is 4.26. The lowest BCUT2D eigenvalue weighted by atomic mass is 10.1. The fraction of sp³-hybridized carbons (Fsp3) is 0.100. The molecule has 2 aromatic carbocycles. The lowest BCUT2D eigenvalue weighted by Gasteiger charge is -2.15. The van der Waals surface area contributed by atoms with Gasteiger partial charge < -0.3 is 5.32 Å². The number of nitrogens with zero attached hydrogens (tertiary/aromatic N) is 4. The second kappa shape index (κ2) is 6.76. The van der Waals surface area contributed by atoms with E-state index in [4.69, 9.17) is 0 Å². The summed E-state index contributed by atoms with van der Waals surface area (Å²) in [5.74, 6) is -0.191. The van der Waals surface area contributed by atoms with Gasteiger partial charge in [-0.05, 0) is 36.8 Å². The summed E-state index contributed by atoms with van der Waals surface area (Å²) in [4.78, 5) is 20.9. The van der Waals surface area contributed by atoms with Crippen LogP contribution in [0.2, 0.25) is 0 Å². The number of carbonyl (C=O) groups is 1. The lowest BCUT2D eigenvalue weighted by Crippen LogP contribution is -2.27. The zero-order valence-electron chi connectivity index (χ0n) is 14.2. The minimum Gasteiger partial charge on any atom is -0.344 e. The Morgan fingerprint density at radius 1 is 1.04 bits per heavy atom. The molecule has 0 spiro atoms. The molecule has 0 aliphatic heterocycles. The van der Waals surface area contributed by atoms with Crippen LogP contribution in [0.5, 0.6) is 0 Å². The number of benzene rings is 2. The molecule has 1 amide bonds. The fourth-order valence-corrected chi connectivity index (χ4v) is 2.80. The van der Waals surface area contributed by atoms with Crippen molar-refractivity contribution in [2.24, 2.45) is 0 Å². The van der Waals surface area contributed by atoms with Crippen LogP contribution in [-0.2, 0) is 0 Å². The highest BCUT2D eigenvalue weighted by molar-refractivity contribution is 5.95. The molecule has 2 heterocycles. The maximum atomic E-state index is 12.5. The molecule has 4 aromatic rings. The molecule has 0 aliphatic rings. The number of amides is 1. The molecular weight excluding hydrogens is 326 g/mol. The summed E-state index contributed by atoms with van der Waals surface area (Å²) in [6.45, 7) is 1.95. The quantitative estimate of drug-likeness (QED) is 0.617. The number of fused-ring (bicyclic) bond motifs is 1. The molecular formula is C20H17N5O. The van der Waals surface area contributed by atoms with Crippen molar-refractivity contribution in [3.63, 3.8) is 0 Å². The molecule has 0 saturated carbocycles. The summed E-state index contributed by atoms with van der Waals surface area (Å²) >= 11 is 0. The number of rotatable bonds is 4. The zero-order chi connectivity index (χ0) is 17.9. The molecule has 2 aromatic heterocycles. The number of aromatic nitrogens is 4. The van der Waals surface area contributed by atoms with Gasteiger partial charge in [0.2, 0.25) is 0 Å². The Balaban J connectivity index is 1.49. The zero-order valence-corrected chi connectivity index (χ0v) is 14.2. The molecule has 26 heavy (non-hydrogen) atoms. The van der Waals surface area contributed by atoms with Gasteiger partial charge in [0.15, 0.2) is 0 Å². The second-order valence-corrected chi connectivity index (χ2v) is 6.02. The maximum absolute atomic E-state index is 12.5. The van der Waals surface area contributed by atoms with Gasteiger partial charge in [0.05, 0.1) is 17.2 Å². The minimum absolute atomic E-state index is 0.138. The maximum Gasteiger partial charge on any atom is 0.270 e. The van der Waals surface area contributed by atoms with Crippen LogP contribution in [0.3, 0.4) is 0 Å². The smallest absolute Gasteiger partial charge is 0.270 e. The average molecular weight is 343 g/mol. The normalized spacial score (nSPS) is 12.0. The van der Waals surface area contributed by atoms with E-state index < -0.39 is 0 Å². The third-order valence-electron chi connectivity index (χ3n) is 4.26. The largest absolute Gasteiger partial charge is 0.344 e. The van der Waals surface area contributed by atoms with Crippen molar-refractivity contribution in [1.29, 1.82) is 0 Å². The Bertz CT molecular complexity index is 1040. The number of nitrogens with one attached hydrogen (secondary N) is 1. The first-order valence-corrected chi connectivity index (χ1v) is 8.32. The van der Waals surface area contributed by atoms with Gasteiger partial charge in [-0.1, -0.05) is 36.4 Å². The predicted molar refractivity (Wildman–Crippen MR) is 99.0 cm³/mol. The minimum atomic E-state index is -0.191. The summed E-state index contributed by atoms with van der Waals surface area (Å²) in [5, 5.41) is 8.11. The highest BCUT2D eigenvalue weighted by atomic mass is 16.1. The molecule has 128 valence electrons. The van der Waals surface area contributed by atoms with Crippen LogP contribution in [0.4, 0.5) is 0 Å². The summed E-state index contributed by atoms with van der Waals surface area (Å²) in [7, 11) is 0. The predicted octanol–water partition coefficient (Wildman–Crippen LogP) is 3.31. The average Bonchev–Trinajstić information content (AvgIpc) is 3.22. The van der Waals surface area contributed by atoms with Crippen LogP contribution in [0.15, 0.2) is 73.3 Å². The van der Waals surface area contributed by atoms with Gasteiger partial charge in [0.1, 0.15) is 18.3 Å². The van der Waals surface area contributed by atoms with E-state index in [9.17, 15) is 4.79 Å². The van der Waals surface area contributed by atoms with Gasteiger partial charge in [-0.25, -0.2) is 14.6 Å². The fourth-order valence-electron chi connectivity index (χ4n) is 2.80. The first-order valence-electron chi connectivity index (χ1n) is 8.32. The Hall–Kier alpha value is -3.54. The van der Waals surface area contributed by atoms with Crippen molar-refractivity contribution in [2.45, 2.75) is 13.0 Å². The first-order chi connectivity index (χ1) is 12.7. The molecule has 4 rings (SSSR count). The van der Waals surface area contributed by atoms with Gasteiger partial charge in [0.25, 0.3) is 5.91 Å². The SMILES string of the molecule is C[C@@H](NC(=O)c1ccc2ccccc2n1)c1ccc(-n2cncn2)cc1. The van der Waals surface area contributed by atoms with Crippen molar-refractivity contribution in [3.05, 3.63) is 84.6 Å². The highest BCUT2D eigenvalue weighted by Gasteiger charge is 2.13. The third kappa shape index (κ3) is 3.17. The number of para-hydroxylation sites is 1. The van der Waals surface area contributed by atoms with Crippen LogP contribution in [-0.4, -0.2) is 25.7 Å². The number of hydrogen-bond acceptors (Lipinski definition) is 4. The first kappa shape index (κ1) is 16.0. The van der Waals surface area contributed by atoms with Gasteiger partial charge in [0, 0.05) is 5.39 Å². The Morgan fingerprint density at radius 3 is 2.62 bits per heavy atom. The molecule has 1 atom stereocenters. The Kier molecular flexibility index (Phi) is 4.15. The van der Waals surface area contributed by atoms with Crippen molar-refractivity contribution in [2.75, 3.05) is 0 Å². The van der Waals surface area contributed by atoms with Gasteiger partial charge in [-0.2, -0.15) is 5.10 Å². The molecule has 1 N–H and O–H groups in total. The van der Waals surface area contributed by atoms with E-state index in [-0.39, 0.29) is 11.9 Å². The van der Waals surface area contributed by atoms with E-state index in [2.05, 4.69) is 20.4 Å². The standard InChI is InChI=1S/C20H17N5O/c1-14(15-6-9-17(10-7-15)25-13-21-12-22-25)23-20(26)19-11-8-16-4-2-3-5-18(16)24-19/h2-14H,1H3,(H,23,26)/t14-/m1/s1. The Morgan fingerprint density at radius 2 is 1.85 bits per heavy atom. The van der Waals surface area contributed by atoms with Crippen LogP contribution < -0.4 is 5.32 Å². The molecule has 0 unspecified atom stereocenters. The van der Waals surface area contributed by atoms with E-state index in [1.807, 2.05) is 61.5 Å². The van der Waals surface area contributed by atoms with Gasteiger partial charge in [-0.15, -0.1) is 0 Å². The molecule has 0 bridgehead atoms. The van der Waals surface area contributed by atoms with E-state index >= 15 is 0 Å². The van der Waals surface area contributed by atoms with Crippen LogP contribution in [0.25, 0.3) is 16.6 Å². The monoisotopic (exact) mass is 343 g/mol.